The van der Waals surface area contributed by atoms with Crippen molar-refractivity contribution >= 4 is 12.0 Å². The number of rotatable bonds is 6. The Balaban J connectivity index is 1.60. The summed E-state index contributed by atoms with van der Waals surface area (Å²) < 4.78 is 26.5. The molecule has 0 aromatic heterocycles. The molecule has 34 heavy (non-hydrogen) atoms. The van der Waals surface area contributed by atoms with Gasteiger partial charge in [0.1, 0.15) is 36.6 Å². The van der Waals surface area contributed by atoms with Gasteiger partial charge in [0.05, 0.1) is 19.3 Å². The lowest BCUT2D eigenvalue weighted by atomic mass is 9.97. The molecule has 1 aromatic carbocycles. The number of aliphatic hydroxyl groups is 5. The van der Waals surface area contributed by atoms with E-state index in [1.165, 1.54) is 39.2 Å². The zero-order valence-corrected chi connectivity index (χ0v) is 18.8. The number of methoxy groups -OCH3 is 1. The van der Waals surface area contributed by atoms with E-state index < -0.39 is 67.4 Å². The van der Waals surface area contributed by atoms with E-state index in [1.54, 1.807) is 6.07 Å². The number of phenolic OH excluding ortho intramolecular Hbond substituents is 1. The van der Waals surface area contributed by atoms with Crippen molar-refractivity contribution in [3.63, 3.8) is 0 Å². The van der Waals surface area contributed by atoms with Crippen molar-refractivity contribution < 1.29 is 59.1 Å². The van der Waals surface area contributed by atoms with Crippen LogP contribution in [0.4, 0.5) is 0 Å². The van der Waals surface area contributed by atoms with Gasteiger partial charge in [0.15, 0.2) is 17.8 Å². The first-order valence-corrected chi connectivity index (χ1v) is 10.7. The van der Waals surface area contributed by atoms with Crippen LogP contribution in [0.5, 0.6) is 11.5 Å². The van der Waals surface area contributed by atoms with E-state index in [4.69, 9.17) is 23.7 Å². The number of carbonyl (C=O) groups is 1. The van der Waals surface area contributed by atoms with Gasteiger partial charge in [-0.1, -0.05) is 6.07 Å². The number of aromatic hydroxyl groups is 1. The van der Waals surface area contributed by atoms with E-state index in [9.17, 15) is 35.4 Å². The molecule has 6 N–H and O–H groups in total. The van der Waals surface area contributed by atoms with Crippen LogP contribution in [0.3, 0.4) is 0 Å². The van der Waals surface area contributed by atoms with Crippen molar-refractivity contribution in [3.05, 3.63) is 29.8 Å². The molecule has 1 aromatic rings. The molecule has 12 heteroatoms. The summed E-state index contributed by atoms with van der Waals surface area (Å²) >= 11 is 0. The average molecular weight is 486 g/mol. The summed E-state index contributed by atoms with van der Waals surface area (Å²) in [4.78, 5) is 12.2. The molecule has 2 aliphatic heterocycles. The molecule has 190 valence electrons. The van der Waals surface area contributed by atoms with Gasteiger partial charge in [-0.05, 0) is 37.6 Å². The van der Waals surface area contributed by atoms with E-state index in [0.29, 0.717) is 5.56 Å². The highest BCUT2D eigenvalue weighted by Crippen LogP contribution is 2.30. The van der Waals surface area contributed by atoms with Crippen molar-refractivity contribution in [3.8, 4) is 11.5 Å². The molecule has 0 spiro atoms. The van der Waals surface area contributed by atoms with Crippen LogP contribution < -0.4 is 4.74 Å². The van der Waals surface area contributed by atoms with Crippen molar-refractivity contribution in [1.82, 2.24) is 0 Å². The summed E-state index contributed by atoms with van der Waals surface area (Å²) in [5.41, 5.74) is 0.533. The molecule has 2 aliphatic rings. The van der Waals surface area contributed by atoms with Gasteiger partial charge in [-0.15, -0.1) is 0 Å². The summed E-state index contributed by atoms with van der Waals surface area (Å²) in [5.74, 6) is -0.716. The van der Waals surface area contributed by atoms with Crippen LogP contribution in [0.15, 0.2) is 24.3 Å². The Labute approximate surface area is 195 Å². The quantitative estimate of drug-likeness (QED) is 0.205. The fraction of sp³-hybridized carbons (Fsp3) is 0.591. The SMILES string of the molecule is COc1cc(/C=C/C(=O)O[C@@H]2OC(C)[C@H](O[C@@H]3OC(C)[C@H](O)C(O)C3O)C(O)C2O)ccc1O. The van der Waals surface area contributed by atoms with Crippen LogP contribution >= 0.6 is 0 Å². The Bertz CT molecular complexity index is 875. The van der Waals surface area contributed by atoms with E-state index in [1.807, 2.05) is 0 Å². The minimum Gasteiger partial charge on any atom is -0.504 e. The maximum Gasteiger partial charge on any atom is 0.333 e. The molecule has 12 nitrogen and oxygen atoms in total. The number of esters is 1. The summed E-state index contributed by atoms with van der Waals surface area (Å²) in [6.07, 6.45) is -11.2. The highest BCUT2D eigenvalue weighted by molar-refractivity contribution is 5.87. The number of aliphatic hydroxyl groups excluding tert-OH is 5. The summed E-state index contributed by atoms with van der Waals surface area (Å²) in [6.45, 7) is 2.96. The fourth-order valence-corrected chi connectivity index (χ4v) is 3.69. The molecule has 2 heterocycles. The molecule has 0 saturated carbocycles. The summed E-state index contributed by atoms with van der Waals surface area (Å²) in [6, 6.07) is 4.43. The lowest BCUT2D eigenvalue weighted by Gasteiger charge is -2.45. The van der Waals surface area contributed by atoms with Gasteiger partial charge in [-0.3, -0.25) is 0 Å². The zero-order chi connectivity index (χ0) is 25.2. The second-order valence-corrected chi connectivity index (χ2v) is 8.17. The van der Waals surface area contributed by atoms with Gasteiger partial charge >= 0.3 is 5.97 Å². The normalized spacial score (nSPS) is 38.6. The van der Waals surface area contributed by atoms with Crippen molar-refractivity contribution in [2.75, 3.05) is 7.11 Å². The number of hydrogen-bond donors (Lipinski definition) is 6. The Morgan fingerprint density at radius 1 is 0.912 bits per heavy atom. The molecular weight excluding hydrogens is 456 g/mol. The van der Waals surface area contributed by atoms with Gasteiger partial charge in [0, 0.05) is 6.08 Å². The second kappa shape index (κ2) is 11.0. The second-order valence-electron chi connectivity index (χ2n) is 8.17. The van der Waals surface area contributed by atoms with Gasteiger partial charge < -0.3 is 54.3 Å². The van der Waals surface area contributed by atoms with Gasteiger partial charge in [0.25, 0.3) is 0 Å². The average Bonchev–Trinajstić information content (AvgIpc) is 2.81. The molecule has 10 atom stereocenters. The predicted octanol–water partition coefficient (Wildman–Crippen LogP) is -1.36. The molecule has 3 rings (SSSR count). The first-order chi connectivity index (χ1) is 16.0. The third-order valence-corrected chi connectivity index (χ3v) is 5.72. The van der Waals surface area contributed by atoms with Crippen LogP contribution in [0.1, 0.15) is 19.4 Å². The minimum atomic E-state index is -1.69. The Hall–Kier alpha value is -2.29. The predicted molar refractivity (Wildman–Crippen MR) is 113 cm³/mol. The topological polar surface area (TPSA) is 185 Å². The van der Waals surface area contributed by atoms with Crippen molar-refractivity contribution in [1.29, 1.82) is 0 Å². The van der Waals surface area contributed by atoms with Crippen LogP contribution in [0, 0.1) is 0 Å². The number of phenols is 1. The van der Waals surface area contributed by atoms with Crippen LogP contribution in [-0.2, 0) is 23.7 Å². The largest absolute Gasteiger partial charge is 0.504 e. The molecule has 6 unspecified atom stereocenters. The van der Waals surface area contributed by atoms with Gasteiger partial charge in [-0.2, -0.15) is 0 Å². The highest BCUT2D eigenvalue weighted by atomic mass is 16.7. The van der Waals surface area contributed by atoms with E-state index in [2.05, 4.69) is 0 Å². The smallest absolute Gasteiger partial charge is 0.333 e. The Kier molecular flexibility index (Phi) is 8.49. The van der Waals surface area contributed by atoms with Gasteiger partial charge in [0.2, 0.25) is 6.29 Å². The summed E-state index contributed by atoms with van der Waals surface area (Å²) in [5, 5.41) is 60.4. The van der Waals surface area contributed by atoms with Crippen molar-refractivity contribution in [2.45, 2.75) is 75.3 Å². The van der Waals surface area contributed by atoms with Crippen LogP contribution in [-0.4, -0.2) is 105 Å². The van der Waals surface area contributed by atoms with Gasteiger partial charge in [-0.25, -0.2) is 4.79 Å². The zero-order valence-electron chi connectivity index (χ0n) is 18.8. The first-order valence-electron chi connectivity index (χ1n) is 10.7. The molecule has 0 aliphatic carbocycles. The third kappa shape index (κ3) is 5.67. The number of ether oxygens (including phenoxy) is 5. The molecular formula is C22H30O12. The molecule has 0 radical (unpaired) electrons. The molecule has 0 bridgehead atoms. The lowest BCUT2D eigenvalue weighted by molar-refractivity contribution is -0.348. The number of benzene rings is 1. The maximum absolute atomic E-state index is 12.2. The minimum absolute atomic E-state index is 0.0630. The van der Waals surface area contributed by atoms with E-state index in [-0.39, 0.29) is 11.5 Å². The number of carbonyl (C=O) groups excluding carboxylic acids is 1. The standard InChI is InChI=1S/C22H30O12/c1-9-15(25)16(26)18(28)22(31-9)34-20-10(2)32-21(19(29)17(20)27)33-14(24)7-5-11-4-6-12(23)13(8-11)30-3/h4-10,15-23,25-29H,1-3H3/b7-5+/t9?,10?,15-,16?,17?,18?,19?,20-,21-,22-/m0/s1. The molecule has 2 fully saturated rings. The lowest BCUT2D eigenvalue weighted by Crippen LogP contribution is -2.63. The highest BCUT2D eigenvalue weighted by Gasteiger charge is 2.49. The number of hydrogen-bond acceptors (Lipinski definition) is 12. The monoisotopic (exact) mass is 486 g/mol. The molecule has 0 amide bonds. The molecule has 2 saturated heterocycles. The van der Waals surface area contributed by atoms with Crippen LogP contribution in [0.2, 0.25) is 0 Å². The van der Waals surface area contributed by atoms with Crippen molar-refractivity contribution in [2.24, 2.45) is 0 Å². The Morgan fingerprint density at radius 2 is 1.56 bits per heavy atom. The first kappa shape index (κ1) is 26.3. The van der Waals surface area contributed by atoms with Crippen LogP contribution in [0.25, 0.3) is 6.08 Å². The third-order valence-electron chi connectivity index (χ3n) is 5.72. The maximum atomic E-state index is 12.2. The summed E-state index contributed by atoms with van der Waals surface area (Å²) in [7, 11) is 1.38. The Morgan fingerprint density at radius 3 is 2.24 bits per heavy atom. The fourth-order valence-electron chi connectivity index (χ4n) is 3.69. The van der Waals surface area contributed by atoms with E-state index in [0.717, 1.165) is 6.08 Å². The van der Waals surface area contributed by atoms with E-state index >= 15 is 0 Å².